The van der Waals surface area contributed by atoms with Crippen LogP contribution in [0.15, 0.2) is 78.9 Å². The van der Waals surface area contributed by atoms with Crippen molar-refractivity contribution < 1.29 is 4.79 Å². The van der Waals surface area contributed by atoms with E-state index in [-0.39, 0.29) is 12.0 Å². The minimum absolute atomic E-state index is 0.0405. The number of halogens is 2. The predicted octanol–water partition coefficient (Wildman–Crippen LogP) is 7.27. The Morgan fingerprint density at radius 3 is 2.16 bits per heavy atom. The Labute approximate surface area is 231 Å². The SMILES string of the molecule is O=C1CC(c2ccc(Cl)c(Cl)c2)CN(Cc2ccccc2)C1CCN1CCC(Cc2ccccc2)CC1. The first-order valence-electron chi connectivity index (χ1n) is 13.6. The molecule has 3 aromatic rings. The monoisotopic (exact) mass is 534 g/mol. The van der Waals surface area contributed by atoms with Gasteiger partial charge < -0.3 is 4.90 Å². The van der Waals surface area contributed by atoms with Crippen molar-refractivity contribution >= 4 is 29.0 Å². The highest BCUT2D eigenvalue weighted by atomic mass is 35.5. The number of hydrogen-bond acceptors (Lipinski definition) is 3. The van der Waals surface area contributed by atoms with Crippen LogP contribution in [0, 0.1) is 5.92 Å². The van der Waals surface area contributed by atoms with E-state index < -0.39 is 0 Å². The zero-order valence-corrected chi connectivity index (χ0v) is 22.9. The van der Waals surface area contributed by atoms with Crippen molar-refractivity contribution in [2.75, 3.05) is 26.2 Å². The van der Waals surface area contributed by atoms with Gasteiger partial charge in [-0.05, 0) is 73.5 Å². The highest BCUT2D eigenvalue weighted by molar-refractivity contribution is 6.42. The molecule has 0 N–H and O–H groups in total. The molecule has 194 valence electrons. The number of hydrogen-bond donors (Lipinski definition) is 0. The third-order valence-corrected chi connectivity index (χ3v) is 8.89. The topological polar surface area (TPSA) is 23.6 Å². The van der Waals surface area contributed by atoms with Crippen LogP contribution in [0.25, 0.3) is 0 Å². The Morgan fingerprint density at radius 2 is 1.49 bits per heavy atom. The number of piperidine rings is 2. The number of carbonyl (C=O) groups is 1. The summed E-state index contributed by atoms with van der Waals surface area (Å²) in [5.41, 5.74) is 3.79. The Hall–Kier alpha value is -2.17. The molecule has 37 heavy (non-hydrogen) atoms. The summed E-state index contributed by atoms with van der Waals surface area (Å²) >= 11 is 12.5. The van der Waals surface area contributed by atoms with E-state index >= 15 is 0 Å². The first-order valence-corrected chi connectivity index (χ1v) is 14.3. The van der Waals surface area contributed by atoms with Crippen LogP contribution in [-0.2, 0) is 17.8 Å². The normalized spacial score (nSPS) is 21.8. The molecule has 5 rings (SSSR count). The molecule has 0 bridgehead atoms. The third kappa shape index (κ3) is 7.03. The van der Waals surface area contributed by atoms with Gasteiger partial charge in [0.05, 0.1) is 16.1 Å². The first kappa shape index (κ1) is 26.4. The highest BCUT2D eigenvalue weighted by Crippen LogP contribution is 2.34. The van der Waals surface area contributed by atoms with Gasteiger partial charge in [-0.1, -0.05) is 89.9 Å². The maximum atomic E-state index is 13.5. The fourth-order valence-electron chi connectivity index (χ4n) is 6.05. The molecular weight excluding hydrogens is 499 g/mol. The predicted molar refractivity (Wildman–Crippen MR) is 153 cm³/mol. The number of ketones is 1. The van der Waals surface area contributed by atoms with Gasteiger partial charge >= 0.3 is 0 Å². The minimum Gasteiger partial charge on any atom is -0.303 e. The van der Waals surface area contributed by atoms with Crippen molar-refractivity contribution in [2.45, 2.75) is 50.6 Å². The average Bonchev–Trinajstić information content (AvgIpc) is 2.92. The van der Waals surface area contributed by atoms with E-state index in [1.54, 1.807) is 0 Å². The standard InChI is InChI=1S/C32H36Cl2N2O/c33-29-12-11-27(20-30(29)34)28-21-32(37)31(36(23-28)22-26-9-5-2-6-10-26)15-18-35-16-13-25(14-17-35)19-24-7-3-1-4-8-24/h1-12,20,25,28,31H,13-19,21-23H2. The van der Waals surface area contributed by atoms with Gasteiger partial charge in [0, 0.05) is 32.0 Å². The van der Waals surface area contributed by atoms with Crippen molar-refractivity contribution in [2.24, 2.45) is 5.92 Å². The summed E-state index contributed by atoms with van der Waals surface area (Å²) in [6, 6.07) is 27.1. The number of likely N-dealkylation sites (tertiary alicyclic amines) is 2. The number of nitrogens with zero attached hydrogens (tertiary/aromatic N) is 2. The van der Waals surface area contributed by atoms with Crippen LogP contribution in [0.1, 0.15) is 48.3 Å². The van der Waals surface area contributed by atoms with Gasteiger partial charge in [0.25, 0.3) is 0 Å². The van der Waals surface area contributed by atoms with Crippen molar-refractivity contribution in [3.8, 4) is 0 Å². The van der Waals surface area contributed by atoms with Crippen LogP contribution in [0.5, 0.6) is 0 Å². The van der Waals surface area contributed by atoms with E-state index in [1.807, 2.05) is 24.3 Å². The second-order valence-corrected chi connectivity index (χ2v) is 11.5. The largest absolute Gasteiger partial charge is 0.303 e. The van der Waals surface area contributed by atoms with Crippen molar-refractivity contribution in [1.29, 1.82) is 0 Å². The molecule has 2 atom stereocenters. The zero-order chi connectivity index (χ0) is 25.6. The fourth-order valence-corrected chi connectivity index (χ4v) is 6.36. The van der Waals surface area contributed by atoms with E-state index in [9.17, 15) is 4.79 Å². The van der Waals surface area contributed by atoms with E-state index in [2.05, 4.69) is 64.4 Å². The Morgan fingerprint density at radius 1 is 0.811 bits per heavy atom. The van der Waals surface area contributed by atoms with Crippen molar-refractivity contribution in [1.82, 2.24) is 9.80 Å². The lowest BCUT2D eigenvalue weighted by Gasteiger charge is -2.40. The zero-order valence-electron chi connectivity index (χ0n) is 21.4. The second kappa shape index (κ2) is 12.6. The summed E-state index contributed by atoms with van der Waals surface area (Å²) in [7, 11) is 0. The maximum Gasteiger partial charge on any atom is 0.150 e. The summed E-state index contributed by atoms with van der Waals surface area (Å²) < 4.78 is 0. The second-order valence-electron chi connectivity index (χ2n) is 10.7. The smallest absolute Gasteiger partial charge is 0.150 e. The molecule has 2 fully saturated rings. The molecule has 2 saturated heterocycles. The van der Waals surface area contributed by atoms with Crippen molar-refractivity contribution in [3.05, 3.63) is 106 Å². The summed E-state index contributed by atoms with van der Waals surface area (Å²) in [5.74, 6) is 1.24. The van der Waals surface area contributed by atoms with Gasteiger partial charge in [-0.15, -0.1) is 0 Å². The van der Waals surface area contributed by atoms with Crippen LogP contribution in [0.2, 0.25) is 10.0 Å². The number of benzene rings is 3. The molecule has 0 radical (unpaired) electrons. The Bertz CT molecular complexity index is 1160. The van der Waals surface area contributed by atoms with E-state index in [0.29, 0.717) is 22.2 Å². The van der Waals surface area contributed by atoms with Gasteiger partial charge in [-0.3, -0.25) is 9.69 Å². The van der Waals surface area contributed by atoms with E-state index in [0.717, 1.165) is 50.6 Å². The van der Waals surface area contributed by atoms with Crippen molar-refractivity contribution in [3.63, 3.8) is 0 Å². The summed E-state index contributed by atoms with van der Waals surface area (Å²) in [6.07, 6.45) is 5.11. The third-order valence-electron chi connectivity index (χ3n) is 8.15. The summed E-state index contributed by atoms with van der Waals surface area (Å²) in [4.78, 5) is 18.5. The number of Topliss-reactive ketones (excluding diaryl/α,β-unsaturated/α-hetero) is 1. The molecule has 5 heteroatoms. The molecular formula is C32H36Cl2N2O. The number of rotatable bonds is 8. The van der Waals surface area contributed by atoms with Crippen LogP contribution in [0.3, 0.4) is 0 Å². The van der Waals surface area contributed by atoms with Crippen LogP contribution >= 0.6 is 23.2 Å². The average molecular weight is 536 g/mol. The molecule has 0 aromatic heterocycles. The van der Waals surface area contributed by atoms with Gasteiger partial charge in [-0.2, -0.15) is 0 Å². The molecule has 0 aliphatic carbocycles. The van der Waals surface area contributed by atoms with Gasteiger partial charge in [0.15, 0.2) is 5.78 Å². The maximum absolute atomic E-state index is 13.5. The number of carbonyl (C=O) groups excluding carboxylic acids is 1. The Kier molecular flexibility index (Phi) is 8.99. The fraction of sp³-hybridized carbons (Fsp3) is 0.406. The van der Waals surface area contributed by atoms with Crippen LogP contribution in [-0.4, -0.2) is 47.8 Å². The van der Waals surface area contributed by atoms with Crippen LogP contribution in [0.4, 0.5) is 0 Å². The van der Waals surface area contributed by atoms with Gasteiger partial charge in [0.1, 0.15) is 0 Å². The molecule has 2 aliphatic rings. The molecule has 3 aromatic carbocycles. The molecule has 0 saturated carbocycles. The molecule has 2 heterocycles. The van der Waals surface area contributed by atoms with Gasteiger partial charge in [0.2, 0.25) is 0 Å². The lowest BCUT2D eigenvalue weighted by atomic mass is 9.84. The molecule has 2 aliphatic heterocycles. The lowest BCUT2D eigenvalue weighted by Crippen LogP contribution is -2.49. The molecule has 0 spiro atoms. The van der Waals surface area contributed by atoms with E-state index in [4.69, 9.17) is 23.2 Å². The first-order chi connectivity index (χ1) is 18.0. The van der Waals surface area contributed by atoms with Gasteiger partial charge in [-0.25, -0.2) is 0 Å². The molecule has 0 amide bonds. The summed E-state index contributed by atoms with van der Waals surface area (Å²) in [5, 5.41) is 1.11. The van der Waals surface area contributed by atoms with E-state index in [1.165, 1.54) is 30.4 Å². The molecule has 2 unspecified atom stereocenters. The Balaban J connectivity index is 1.21. The molecule has 3 nitrogen and oxygen atoms in total. The minimum atomic E-state index is -0.0405. The highest BCUT2D eigenvalue weighted by Gasteiger charge is 2.36. The summed E-state index contributed by atoms with van der Waals surface area (Å²) in [6.45, 7) is 4.87. The quantitative estimate of drug-likeness (QED) is 0.303. The van der Waals surface area contributed by atoms with Crippen LogP contribution < -0.4 is 0 Å². The lowest BCUT2D eigenvalue weighted by molar-refractivity contribution is -0.128.